The van der Waals surface area contributed by atoms with Crippen molar-refractivity contribution in [3.8, 4) is 16.9 Å². The quantitative estimate of drug-likeness (QED) is 0.553. The van der Waals surface area contributed by atoms with Crippen molar-refractivity contribution in [2.24, 2.45) is 0 Å². The molecule has 0 fully saturated rings. The number of carbonyl (C=O) groups is 1. The smallest absolute Gasteiger partial charge is 0.339 e. The van der Waals surface area contributed by atoms with Gasteiger partial charge in [-0.15, -0.1) is 0 Å². The SMILES string of the molecule is CCc1c(C(=O)O)c(-c2ccc(Cl)c(Cl)c2)nn1-c1cccc(Br)c1. The molecule has 7 heteroatoms. The summed E-state index contributed by atoms with van der Waals surface area (Å²) >= 11 is 15.5. The molecular weight excluding hydrogens is 427 g/mol. The minimum absolute atomic E-state index is 0.167. The summed E-state index contributed by atoms with van der Waals surface area (Å²) in [6, 6.07) is 12.5. The van der Waals surface area contributed by atoms with Crippen molar-refractivity contribution in [1.29, 1.82) is 0 Å². The Labute approximate surface area is 163 Å². The molecule has 25 heavy (non-hydrogen) atoms. The van der Waals surface area contributed by atoms with E-state index in [2.05, 4.69) is 21.0 Å². The fourth-order valence-corrected chi connectivity index (χ4v) is 3.36. The Balaban J connectivity index is 2.28. The molecule has 0 unspecified atom stereocenters. The van der Waals surface area contributed by atoms with E-state index in [0.29, 0.717) is 33.4 Å². The molecule has 0 aliphatic heterocycles. The number of benzene rings is 2. The van der Waals surface area contributed by atoms with Gasteiger partial charge in [0, 0.05) is 10.0 Å². The second-order valence-electron chi connectivity index (χ2n) is 5.35. The van der Waals surface area contributed by atoms with Crippen LogP contribution >= 0.6 is 39.1 Å². The lowest BCUT2D eigenvalue weighted by atomic mass is 10.0. The summed E-state index contributed by atoms with van der Waals surface area (Å²) in [6.45, 7) is 1.90. The van der Waals surface area contributed by atoms with Gasteiger partial charge in [-0.05, 0) is 36.8 Å². The number of carboxylic acid groups (broad SMARTS) is 1. The first-order valence-corrected chi connectivity index (χ1v) is 9.03. The van der Waals surface area contributed by atoms with E-state index in [0.717, 1.165) is 10.2 Å². The van der Waals surface area contributed by atoms with Gasteiger partial charge in [0.15, 0.2) is 0 Å². The number of hydrogen-bond donors (Lipinski definition) is 1. The Hall–Kier alpha value is -1.82. The van der Waals surface area contributed by atoms with Crippen molar-refractivity contribution in [2.45, 2.75) is 13.3 Å². The second-order valence-corrected chi connectivity index (χ2v) is 7.08. The van der Waals surface area contributed by atoms with Gasteiger partial charge in [-0.1, -0.05) is 58.2 Å². The molecule has 1 N–H and O–H groups in total. The summed E-state index contributed by atoms with van der Waals surface area (Å²) in [6.07, 6.45) is 0.516. The number of aromatic carboxylic acids is 1. The molecule has 128 valence electrons. The predicted molar refractivity (Wildman–Crippen MR) is 103 cm³/mol. The van der Waals surface area contributed by atoms with Gasteiger partial charge in [0.05, 0.1) is 21.4 Å². The van der Waals surface area contributed by atoms with E-state index >= 15 is 0 Å². The predicted octanol–water partition coefficient (Wildman–Crippen LogP) is 5.87. The molecule has 0 saturated carbocycles. The van der Waals surface area contributed by atoms with Gasteiger partial charge >= 0.3 is 5.97 Å². The highest BCUT2D eigenvalue weighted by Gasteiger charge is 2.24. The molecule has 0 amide bonds. The van der Waals surface area contributed by atoms with Crippen molar-refractivity contribution in [3.05, 3.63) is 68.2 Å². The van der Waals surface area contributed by atoms with E-state index in [-0.39, 0.29) is 5.56 Å². The maximum absolute atomic E-state index is 11.9. The van der Waals surface area contributed by atoms with Gasteiger partial charge in [-0.2, -0.15) is 5.10 Å². The van der Waals surface area contributed by atoms with Gasteiger partial charge in [0.1, 0.15) is 11.3 Å². The lowest BCUT2D eigenvalue weighted by Crippen LogP contribution is -2.05. The van der Waals surface area contributed by atoms with Crippen LogP contribution in [0.3, 0.4) is 0 Å². The fourth-order valence-electron chi connectivity index (χ4n) is 2.67. The van der Waals surface area contributed by atoms with Crippen LogP contribution in [-0.4, -0.2) is 20.9 Å². The van der Waals surface area contributed by atoms with Crippen molar-refractivity contribution in [2.75, 3.05) is 0 Å². The summed E-state index contributed by atoms with van der Waals surface area (Å²) in [5, 5.41) is 15.1. The molecule has 1 aromatic heterocycles. The molecular formula is C18H13BrCl2N2O2. The zero-order valence-electron chi connectivity index (χ0n) is 13.1. The summed E-state index contributed by atoms with van der Waals surface area (Å²) < 4.78 is 2.54. The molecule has 0 saturated heterocycles. The van der Waals surface area contributed by atoms with Gasteiger partial charge in [-0.3, -0.25) is 0 Å². The number of aromatic nitrogens is 2. The molecule has 0 aliphatic carbocycles. The molecule has 2 aromatic carbocycles. The van der Waals surface area contributed by atoms with Crippen molar-refractivity contribution < 1.29 is 9.90 Å². The number of hydrogen-bond acceptors (Lipinski definition) is 2. The van der Waals surface area contributed by atoms with Gasteiger partial charge in [-0.25, -0.2) is 9.48 Å². The molecule has 3 rings (SSSR count). The van der Waals surface area contributed by atoms with Crippen LogP contribution in [0.4, 0.5) is 0 Å². The average molecular weight is 440 g/mol. The normalized spacial score (nSPS) is 10.9. The van der Waals surface area contributed by atoms with Crippen molar-refractivity contribution in [3.63, 3.8) is 0 Å². The number of rotatable bonds is 4. The standard InChI is InChI=1S/C18H13BrCl2N2O2/c1-2-15-16(18(24)25)17(10-6-7-13(20)14(21)8-10)22-23(15)12-5-3-4-11(19)9-12/h3-9H,2H2,1H3,(H,24,25). The molecule has 3 aromatic rings. The Bertz CT molecular complexity index is 970. The van der Waals surface area contributed by atoms with Crippen molar-refractivity contribution in [1.82, 2.24) is 9.78 Å². The van der Waals surface area contributed by atoms with E-state index < -0.39 is 5.97 Å². The van der Waals surface area contributed by atoms with Crippen LogP contribution in [-0.2, 0) is 6.42 Å². The molecule has 0 spiro atoms. The van der Waals surface area contributed by atoms with Crippen LogP contribution in [0.15, 0.2) is 46.9 Å². The second kappa shape index (κ2) is 7.20. The molecule has 0 radical (unpaired) electrons. The van der Waals surface area contributed by atoms with E-state index in [1.807, 2.05) is 31.2 Å². The van der Waals surface area contributed by atoms with Gasteiger partial charge < -0.3 is 5.11 Å². The lowest BCUT2D eigenvalue weighted by Gasteiger charge is -2.06. The first-order valence-electron chi connectivity index (χ1n) is 7.49. The molecule has 4 nitrogen and oxygen atoms in total. The maximum Gasteiger partial charge on any atom is 0.339 e. The van der Waals surface area contributed by atoms with Crippen LogP contribution in [0.5, 0.6) is 0 Å². The monoisotopic (exact) mass is 438 g/mol. The minimum Gasteiger partial charge on any atom is -0.478 e. The highest BCUT2D eigenvalue weighted by molar-refractivity contribution is 9.10. The molecule has 1 heterocycles. The van der Waals surface area contributed by atoms with Crippen LogP contribution in [0.25, 0.3) is 16.9 Å². The Kier molecular flexibility index (Phi) is 5.18. The third-order valence-electron chi connectivity index (χ3n) is 3.78. The molecule has 0 bridgehead atoms. The first-order chi connectivity index (χ1) is 11.9. The van der Waals surface area contributed by atoms with Crippen molar-refractivity contribution >= 4 is 45.1 Å². The van der Waals surface area contributed by atoms with E-state index in [4.69, 9.17) is 23.2 Å². The summed E-state index contributed by atoms with van der Waals surface area (Å²) in [5.41, 5.74) is 2.53. The highest BCUT2D eigenvalue weighted by atomic mass is 79.9. The van der Waals surface area contributed by atoms with Crippen LogP contribution < -0.4 is 0 Å². The largest absolute Gasteiger partial charge is 0.478 e. The molecule has 0 aliphatic rings. The third-order valence-corrected chi connectivity index (χ3v) is 5.01. The Morgan fingerprint density at radius 1 is 1.20 bits per heavy atom. The topological polar surface area (TPSA) is 55.1 Å². The van der Waals surface area contributed by atoms with E-state index in [1.54, 1.807) is 22.9 Å². The Morgan fingerprint density at radius 3 is 2.56 bits per heavy atom. The van der Waals surface area contributed by atoms with Gasteiger partial charge in [0.2, 0.25) is 0 Å². The zero-order valence-corrected chi connectivity index (χ0v) is 16.2. The highest BCUT2D eigenvalue weighted by Crippen LogP contribution is 2.32. The maximum atomic E-state index is 11.9. The minimum atomic E-state index is -1.03. The third kappa shape index (κ3) is 3.45. The number of halogens is 3. The van der Waals surface area contributed by atoms with E-state index in [1.165, 1.54) is 0 Å². The number of carboxylic acids is 1. The summed E-state index contributed by atoms with van der Waals surface area (Å²) in [5.74, 6) is -1.03. The lowest BCUT2D eigenvalue weighted by molar-refractivity contribution is 0.0696. The van der Waals surface area contributed by atoms with Crippen LogP contribution in [0.1, 0.15) is 23.0 Å². The summed E-state index contributed by atoms with van der Waals surface area (Å²) in [4.78, 5) is 11.9. The average Bonchev–Trinajstić information content (AvgIpc) is 2.97. The number of nitrogens with zero attached hydrogens (tertiary/aromatic N) is 2. The zero-order chi connectivity index (χ0) is 18.1. The molecule has 0 atom stereocenters. The first kappa shape index (κ1) is 18.0. The fraction of sp³-hybridized carbons (Fsp3) is 0.111. The van der Waals surface area contributed by atoms with Crippen LogP contribution in [0.2, 0.25) is 10.0 Å². The summed E-state index contributed by atoms with van der Waals surface area (Å²) in [7, 11) is 0. The Morgan fingerprint density at radius 2 is 1.96 bits per heavy atom. The van der Waals surface area contributed by atoms with Gasteiger partial charge in [0.25, 0.3) is 0 Å². The van der Waals surface area contributed by atoms with E-state index in [9.17, 15) is 9.90 Å². The van der Waals surface area contributed by atoms with Crippen LogP contribution in [0, 0.1) is 0 Å².